The van der Waals surface area contributed by atoms with Crippen LogP contribution in [0.2, 0.25) is 0 Å². The number of nitro groups is 1. The fraction of sp³-hybridized carbons (Fsp3) is 0.111. The fourth-order valence-electron chi connectivity index (χ4n) is 2.25. The van der Waals surface area contributed by atoms with Crippen molar-refractivity contribution >= 4 is 17.2 Å². The van der Waals surface area contributed by atoms with E-state index in [4.69, 9.17) is 4.74 Å². The van der Waals surface area contributed by atoms with Crippen LogP contribution in [0.5, 0.6) is 11.6 Å². The van der Waals surface area contributed by atoms with Gasteiger partial charge in [-0.15, -0.1) is 0 Å². The van der Waals surface area contributed by atoms with Gasteiger partial charge in [0.1, 0.15) is 12.1 Å². The average molecular weight is 336 g/mol. The van der Waals surface area contributed by atoms with Gasteiger partial charge in [-0.05, 0) is 37.6 Å². The first-order chi connectivity index (χ1) is 12.0. The van der Waals surface area contributed by atoms with E-state index in [0.29, 0.717) is 5.75 Å². The van der Waals surface area contributed by atoms with Crippen molar-refractivity contribution in [3.05, 3.63) is 76.1 Å². The van der Waals surface area contributed by atoms with Crippen LogP contribution in [-0.2, 0) is 0 Å². The number of benzene rings is 2. The zero-order chi connectivity index (χ0) is 17.8. The first-order valence-corrected chi connectivity index (χ1v) is 7.61. The number of aryl methyl sites for hydroxylation is 2. The molecule has 1 aromatic heterocycles. The molecule has 0 aliphatic heterocycles. The summed E-state index contributed by atoms with van der Waals surface area (Å²) in [5.74, 6) is 0.436. The van der Waals surface area contributed by atoms with Gasteiger partial charge in [-0.1, -0.05) is 35.9 Å². The Labute approximate surface area is 144 Å². The van der Waals surface area contributed by atoms with E-state index in [1.807, 2.05) is 50.2 Å². The SMILES string of the molecule is Cc1ccc(Oc2ncnc(Nc3ccccc3C)c2[N+](=O)[O-])cc1. The summed E-state index contributed by atoms with van der Waals surface area (Å²) >= 11 is 0. The summed E-state index contributed by atoms with van der Waals surface area (Å²) in [5, 5.41) is 14.6. The largest absolute Gasteiger partial charge is 0.434 e. The van der Waals surface area contributed by atoms with Gasteiger partial charge in [0.2, 0.25) is 5.82 Å². The molecule has 0 aliphatic rings. The molecule has 0 unspecified atom stereocenters. The van der Waals surface area contributed by atoms with Crippen LogP contribution >= 0.6 is 0 Å². The lowest BCUT2D eigenvalue weighted by molar-refractivity contribution is -0.385. The highest BCUT2D eigenvalue weighted by Gasteiger charge is 2.25. The van der Waals surface area contributed by atoms with Crippen molar-refractivity contribution in [1.82, 2.24) is 9.97 Å². The Kier molecular flexibility index (Phi) is 4.56. The molecule has 0 spiro atoms. The van der Waals surface area contributed by atoms with Crippen molar-refractivity contribution in [1.29, 1.82) is 0 Å². The van der Waals surface area contributed by atoms with Gasteiger partial charge in [0.15, 0.2) is 0 Å². The molecule has 1 N–H and O–H groups in total. The number of hydrogen-bond acceptors (Lipinski definition) is 6. The molecule has 0 radical (unpaired) electrons. The molecule has 0 bridgehead atoms. The van der Waals surface area contributed by atoms with E-state index < -0.39 is 4.92 Å². The minimum absolute atomic E-state index is 0.0800. The molecule has 0 aliphatic carbocycles. The maximum absolute atomic E-state index is 11.6. The highest BCUT2D eigenvalue weighted by atomic mass is 16.6. The molecule has 2 aromatic carbocycles. The normalized spacial score (nSPS) is 10.3. The zero-order valence-corrected chi connectivity index (χ0v) is 13.8. The lowest BCUT2D eigenvalue weighted by Gasteiger charge is -2.11. The van der Waals surface area contributed by atoms with E-state index in [9.17, 15) is 10.1 Å². The number of anilines is 2. The van der Waals surface area contributed by atoms with E-state index in [1.165, 1.54) is 6.33 Å². The third kappa shape index (κ3) is 3.72. The van der Waals surface area contributed by atoms with Crippen LogP contribution in [0.1, 0.15) is 11.1 Å². The van der Waals surface area contributed by atoms with E-state index in [0.717, 1.165) is 16.8 Å². The molecule has 25 heavy (non-hydrogen) atoms. The second-order valence-electron chi connectivity index (χ2n) is 5.49. The summed E-state index contributed by atoms with van der Waals surface area (Å²) < 4.78 is 5.60. The fourth-order valence-corrected chi connectivity index (χ4v) is 2.25. The second kappa shape index (κ2) is 6.96. The quantitative estimate of drug-likeness (QED) is 0.543. The summed E-state index contributed by atoms with van der Waals surface area (Å²) in [5.41, 5.74) is 2.42. The van der Waals surface area contributed by atoms with Crippen molar-refractivity contribution in [3.63, 3.8) is 0 Å². The smallest absolute Gasteiger partial charge is 0.373 e. The Hall–Kier alpha value is -3.48. The van der Waals surface area contributed by atoms with Crippen molar-refractivity contribution in [3.8, 4) is 11.6 Å². The van der Waals surface area contributed by atoms with Crippen molar-refractivity contribution in [2.24, 2.45) is 0 Å². The standard InChI is InChI=1S/C18H16N4O3/c1-12-7-9-14(10-8-12)25-18-16(22(23)24)17(19-11-20-18)21-15-6-4-3-5-13(15)2/h3-11H,1-2H3,(H,19,20,21). The molecule has 7 heteroatoms. The Morgan fingerprint density at radius 3 is 2.44 bits per heavy atom. The number of aromatic nitrogens is 2. The Morgan fingerprint density at radius 1 is 1.04 bits per heavy atom. The summed E-state index contributed by atoms with van der Waals surface area (Å²) in [6, 6.07) is 14.6. The van der Waals surface area contributed by atoms with E-state index >= 15 is 0 Å². The molecule has 1 heterocycles. The van der Waals surface area contributed by atoms with E-state index in [2.05, 4.69) is 15.3 Å². The highest BCUT2D eigenvalue weighted by molar-refractivity contribution is 5.70. The lowest BCUT2D eigenvalue weighted by atomic mass is 10.2. The van der Waals surface area contributed by atoms with Gasteiger partial charge in [-0.2, -0.15) is 4.98 Å². The molecule has 3 rings (SSSR count). The first kappa shape index (κ1) is 16.4. The lowest BCUT2D eigenvalue weighted by Crippen LogP contribution is -2.04. The molecular weight excluding hydrogens is 320 g/mol. The zero-order valence-electron chi connectivity index (χ0n) is 13.8. The van der Waals surface area contributed by atoms with Gasteiger partial charge >= 0.3 is 11.6 Å². The topological polar surface area (TPSA) is 90.2 Å². The Bertz CT molecular complexity index is 910. The molecular formula is C18H16N4O3. The summed E-state index contributed by atoms with van der Waals surface area (Å²) in [6.45, 7) is 3.85. The third-order valence-corrected chi connectivity index (χ3v) is 3.60. The predicted octanol–water partition coefficient (Wildman–Crippen LogP) is 4.54. The van der Waals surface area contributed by atoms with E-state index in [-0.39, 0.29) is 17.4 Å². The molecule has 3 aromatic rings. The van der Waals surface area contributed by atoms with Crippen LogP contribution in [0.4, 0.5) is 17.2 Å². The molecule has 0 saturated heterocycles. The maximum atomic E-state index is 11.6. The molecule has 0 atom stereocenters. The molecule has 126 valence electrons. The predicted molar refractivity (Wildman–Crippen MR) is 94.4 cm³/mol. The number of rotatable bonds is 5. The van der Waals surface area contributed by atoms with Gasteiger partial charge in [0.25, 0.3) is 0 Å². The Morgan fingerprint density at radius 2 is 1.76 bits per heavy atom. The minimum Gasteiger partial charge on any atom is -0.434 e. The Balaban J connectivity index is 1.98. The van der Waals surface area contributed by atoms with Crippen LogP contribution in [0.3, 0.4) is 0 Å². The number of para-hydroxylation sites is 1. The van der Waals surface area contributed by atoms with Gasteiger partial charge in [-0.25, -0.2) is 4.98 Å². The molecule has 0 saturated carbocycles. The number of nitrogens with zero attached hydrogens (tertiary/aromatic N) is 3. The van der Waals surface area contributed by atoms with E-state index in [1.54, 1.807) is 12.1 Å². The van der Waals surface area contributed by atoms with Crippen LogP contribution in [0.25, 0.3) is 0 Å². The van der Waals surface area contributed by atoms with Crippen LogP contribution < -0.4 is 10.1 Å². The first-order valence-electron chi connectivity index (χ1n) is 7.61. The van der Waals surface area contributed by atoms with Gasteiger partial charge in [-0.3, -0.25) is 10.1 Å². The average Bonchev–Trinajstić information content (AvgIpc) is 2.59. The summed E-state index contributed by atoms with van der Waals surface area (Å²) in [6.07, 6.45) is 1.23. The van der Waals surface area contributed by atoms with Gasteiger partial charge < -0.3 is 10.1 Å². The maximum Gasteiger partial charge on any atom is 0.373 e. The summed E-state index contributed by atoms with van der Waals surface area (Å²) in [7, 11) is 0. The van der Waals surface area contributed by atoms with Gasteiger partial charge in [0, 0.05) is 5.69 Å². The van der Waals surface area contributed by atoms with Gasteiger partial charge in [0.05, 0.1) is 4.92 Å². The van der Waals surface area contributed by atoms with Crippen molar-refractivity contribution in [2.75, 3.05) is 5.32 Å². The van der Waals surface area contributed by atoms with Crippen LogP contribution in [-0.4, -0.2) is 14.9 Å². The molecule has 0 amide bonds. The third-order valence-electron chi connectivity index (χ3n) is 3.60. The van der Waals surface area contributed by atoms with Crippen molar-refractivity contribution in [2.45, 2.75) is 13.8 Å². The molecule has 7 nitrogen and oxygen atoms in total. The minimum atomic E-state index is -0.551. The summed E-state index contributed by atoms with van der Waals surface area (Å²) in [4.78, 5) is 19.0. The monoisotopic (exact) mass is 336 g/mol. The van der Waals surface area contributed by atoms with Crippen LogP contribution in [0.15, 0.2) is 54.9 Å². The van der Waals surface area contributed by atoms with Crippen molar-refractivity contribution < 1.29 is 9.66 Å². The second-order valence-corrected chi connectivity index (χ2v) is 5.49. The highest BCUT2D eigenvalue weighted by Crippen LogP contribution is 2.35. The number of hydrogen-bond donors (Lipinski definition) is 1. The van der Waals surface area contributed by atoms with Crippen LogP contribution in [0, 0.1) is 24.0 Å². The number of ether oxygens (including phenoxy) is 1. The number of nitrogens with one attached hydrogen (secondary N) is 1. The molecule has 0 fully saturated rings.